The third-order valence-electron chi connectivity index (χ3n) is 5.66. The lowest BCUT2D eigenvalue weighted by molar-refractivity contribution is 0.0952. The number of hydrogen-bond donors (Lipinski definition) is 2. The van der Waals surface area contributed by atoms with Crippen LogP contribution < -0.4 is 11.1 Å². The van der Waals surface area contributed by atoms with Gasteiger partial charge in [-0.3, -0.25) is 9.78 Å². The number of carbonyl (C=O) groups excluding carboxylic acids is 1. The zero-order valence-electron chi connectivity index (χ0n) is 19.9. The van der Waals surface area contributed by atoms with Crippen molar-refractivity contribution < 1.29 is 4.79 Å². The van der Waals surface area contributed by atoms with Crippen molar-refractivity contribution >= 4 is 16.9 Å². The van der Waals surface area contributed by atoms with Crippen LogP contribution in [0.2, 0.25) is 0 Å². The molecule has 0 atom stereocenters. The molecule has 0 saturated heterocycles. The van der Waals surface area contributed by atoms with Gasteiger partial charge in [0.25, 0.3) is 5.91 Å². The van der Waals surface area contributed by atoms with Crippen LogP contribution in [0.25, 0.3) is 22.3 Å². The molecule has 0 spiro atoms. The average molecular weight is 458 g/mol. The molecule has 4 aromatic rings. The monoisotopic (exact) mass is 457 g/mol. The van der Waals surface area contributed by atoms with Gasteiger partial charge in [-0.25, -0.2) is 9.67 Å². The Morgan fingerprint density at radius 3 is 2.71 bits per heavy atom. The maximum Gasteiger partial charge on any atom is 0.252 e. The van der Waals surface area contributed by atoms with Gasteiger partial charge in [-0.2, -0.15) is 5.10 Å². The lowest BCUT2D eigenvalue weighted by Crippen LogP contribution is -2.24. The molecule has 0 aliphatic heterocycles. The molecule has 176 valence electrons. The molecule has 1 aromatic carbocycles. The van der Waals surface area contributed by atoms with Gasteiger partial charge in [0, 0.05) is 50.2 Å². The Balaban J connectivity index is 1.71. The number of carbonyl (C=O) groups is 1. The predicted octanol–water partition coefficient (Wildman–Crippen LogP) is 3.39. The number of nitrogens with two attached hydrogens (primary N) is 1. The summed E-state index contributed by atoms with van der Waals surface area (Å²) >= 11 is 0. The highest BCUT2D eigenvalue weighted by Gasteiger charge is 2.19. The van der Waals surface area contributed by atoms with Gasteiger partial charge in [-0.1, -0.05) is 24.3 Å². The van der Waals surface area contributed by atoms with E-state index in [0.29, 0.717) is 24.3 Å². The van der Waals surface area contributed by atoms with Crippen molar-refractivity contribution in [3.63, 3.8) is 0 Å². The number of nitrogens with one attached hydrogen (secondary N) is 1. The smallest absolute Gasteiger partial charge is 0.252 e. The molecule has 34 heavy (non-hydrogen) atoms. The molecule has 1 amide bonds. The number of benzene rings is 1. The minimum absolute atomic E-state index is 0.114. The first kappa shape index (κ1) is 23.5. The Kier molecular flexibility index (Phi) is 7.30. The number of nitrogens with zero attached hydrogens (tertiary/aromatic N) is 5. The molecule has 3 N–H and O–H groups in total. The summed E-state index contributed by atoms with van der Waals surface area (Å²) in [5, 5.41) is 8.26. The van der Waals surface area contributed by atoms with Crippen molar-refractivity contribution in [1.82, 2.24) is 30.0 Å². The first-order chi connectivity index (χ1) is 16.5. The molecule has 0 aliphatic carbocycles. The topological polar surface area (TPSA) is 102 Å². The summed E-state index contributed by atoms with van der Waals surface area (Å²) in [6.07, 6.45) is 5.19. The fourth-order valence-corrected chi connectivity index (χ4v) is 3.95. The number of hydrogen-bond acceptors (Lipinski definition) is 6. The Morgan fingerprint density at radius 1 is 1.15 bits per heavy atom. The van der Waals surface area contributed by atoms with Crippen LogP contribution in [-0.4, -0.2) is 50.7 Å². The molecule has 4 rings (SSSR count). The molecule has 0 saturated carbocycles. The summed E-state index contributed by atoms with van der Waals surface area (Å²) in [7, 11) is 2.05. The fourth-order valence-electron chi connectivity index (χ4n) is 3.95. The van der Waals surface area contributed by atoms with E-state index in [0.717, 1.165) is 40.9 Å². The second-order valence-electron chi connectivity index (χ2n) is 8.75. The molecular formula is C26H31N7O. The first-order valence-electron chi connectivity index (χ1n) is 11.5. The van der Waals surface area contributed by atoms with Crippen LogP contribution in [0.1, 0.15) is 41.4 Å². The maximum atomic E-state index is 13.3. The third-order valence-corrected chi connectivity index (χ3v) is 5.66. The molecule has 0 aliphatic rings. The molecule has 0 fully saturated rings. The number of likely N-dealkylation sites (N-methyl/N-ethyl adjacent to an activating group) is 1. The minimum atomic E-state index is -0.167. The van der Waals surface area contributed by atoms with Gasteiger partial charge < -0.3 is 16.0 Å². The summed E-state index contributed by atoms with van der Waals surface area (Å²) in [6, 6.07) is 14.0. The second-order valence-corrected chi connectivity index (χ2v) is 8.75. The van der Waals surface area contributed by atoms with Gasteiger partial charge in [0.05, 0.1) is 22.8 Å². The molecule has 3 aromatic heterocycles. The van der Waals surface area contributed by atoms with E-state index in [1.165, 1.54) is 0 Å². The normalized spacial score (nSPS) is 11.5. The van der Waals surface area contributed by atoms with E-state index in [9.17, 15) is 4.79 Å². The van der Waals surface area contributed by atoms with Crippen LogP contribution in [0, 0.1) is 0 Å². The number of amides is 1. The zero-order valence-corrected chi connectivity index (χ0v) is 19.9. The summed E-state index contributed by atoms with van der Waals surface area (Å²) < 4.78 is 1.86. The van der Waals surface area contributed by atoms with Gasteiger partial charge >= 0.3 is 0 Å². The summed E-state index contributed by atoms with van der Waals surface area (Å²) in [5.41, 5.74) is 10.7. The Morgan fingerprint density at radius 2 is 1.97 bits per heavy atom. The average Bonchev–Trinajstić information content (AvgIpc) is 3.27. The third kappa shape index (κ3) is 5.30. The van der Waals surface area contributed by atoms with Gasteiger partial charge in [0.2, 0.25) is 0 Å². The second kappa shape index (κ2) is 10.5. The summed E-state index contributed by atoms with van der Waals surface area (Å²) in [4.78, 5) is 24.5. The summed E-state index contributed by atoms with van der Waals surface area (Å²) in [5.74, 6) is -0.167. The van der Waals surface area contributed by atoms with E-state index in [1.807, 2.05) is 35.0 Å². The predicted molar refractivity (Wildman–Crippen MR) is 134 cm³/mol. The van der Waals surface area contributed by atoms with Crippen molar-refractivity contribution in [3.05, 3.63) is 77.7 Å². The van der Waals surface area contributed by atoms with Crippen LogP contribution in [0.4, 0.5) is 0 Å². The van der Waals surface area contributed by atoms with E-state index in [4.69, 9.17) is 10.7 Å². The Labute approximate surface area is 199 Å². The van der Waals surface area contributed by atoms with Crippen molar-refractivity contribution in [2.45, 2.75) is 33.0 Å². The van der Waals surface area contributed by atoms with Crippen molar-refractivity contribution in [2.24, 2.45) is 5.73 Å². The van der Waals surface area contributed by atoms with Crippen molar-refractivity contribution in [3.8, 4) is 11.3 Å². The minimum Gasteiger partial charge on any atom is -0.348 e. The molecule has 0 bridgehead atoms. The van der Waals surface area contributed by atoms with Crippen LogP contribution in [0.15, 0.2) is 61.1 Å². The SMILES string of the molecule is CC(C)n1ncc2c(C(=O)NCc3cccnc3)cc(-c3cccc(CN(C)CCN)c3)nc21. The van der Waals surface area contributed by atoms with Gasteiger partial charge in [-0.05, 0) is 50.2 Å². The van der Waals surface area contributed by atoms with Crippen LogP contribution in [0.5, 0.6) is 0 Å². The molecule has 0 radical (unpaired) electrons. The molecular weight excluding hydrogens is 426 g/mol. The van der Waals surface area contributed by atoms with Crippen molar-refractivity contribution in [2.75, 3.05) is 20.1 Å². The van der Waals surface area contributed by atoms with Crippen molar-refractivity contribution in [1.29, 1.82) is 0 Å². The zero-order chi connectivity index (χ0) is 24.1. The van der Waals surface area contributed by atoms with E-state index in [-0.39, 0.29) is 11.9 Å². The molecule has 0 unspecified atom stereocenters. The highest BCUT2D eigenvalue weighted by molar-refractivity contribution is 6.06. The molecule has 8 nitrogen and oxygen atoms in total. The van der Waals surface area contributed by atoms with Gasteiger partial charge in [-0.15, -0.1) is 0 Å². The first-order valence-corrected chi connectivity index (χ1v) is 11.5. The number of fused-ring (bicyclic) bond motifs is 1. The number of pyridine rings is 2. The van der Waals surface area contributed by atoms with E-state index in [2.05, 4.69) is 53.3 Å². The van der Waals surface area contributed by atoms with Crippen LogP contribution in [-0.2, 0) is 13.1 Å². The quantitative estimate of drug-likeness (QED) is 0.399. The van der Waals surface area contributed by atoms with E-state index >= 15 is 0 Å². The fraction of sp³-hybridized carbons (Fsp3) is 0.308. The Bertz CT molecular complexity index is 1270. The lowest BCUT2D eigenvalue weighted by Gasteiger charge is -2.16. The van der Waals surface area contributed by atoms with Crippen LogP contribution >= 0.6 is 0 Å². The summed E-state index contributed by atoms with van der Waals surface area (Å²) in [6.45, 7) is 6.73. The van der Waals surface area contributed by atoms with Crippen LogP contribution in [0.3, 0.4) is 0 Å². The standard InChI is InChI=1S/C26H31N7O/c1-18(2)33-25-23(16-30-33)22(26(34)29-15-20-7-5-10-28-14-20)13-24(31-25)21-8-4-6-19(12-21)17-32(3)11-9-27/h4-8,10,12-14,16,18H,9,11,15,17,27H2,1-3H3,(H,29,34). The molecule has 8 heteroatoms. The highest BCUT2D eigenvalue weighted by Crippen LogP contribution is 2.27. The van der Waals surface area contributed by atoms with Gasteiger partial charge in [0.15, 0.2) is 5.65 Å². The molecule has 3 heterocycles. The largest absolute Gasteiger partial charge is 0.348 e. The van der Waals surface area contributed by atoms with E-state index in [1.54, 1.807) is 18.6 Å². The van der Waals surface area contributed by atoms with E-state index < -0.39 is 0 Å². The number of aromatic nitrogens is 4. The van der Waals surface area contributed by atoms with Gasteiger partial charge in [0.1, 0.15) is 0 Å². The lowest BCUT2D eigenvalue weighted by atomic mass is 10.0. The maximum absolute atomic E-state index is 13.3. The Hall–Kier alpha value is -3.62. The number of rotatable bonds is 9. The highest BCUT2D eigenvalue weighted by atomic mass is 16.1.